The molecular weight excluding hydrogens is 224 g/mol. The highest BCUT2D eigenvalue weighted by atomic mass is 32.2. The minimum Gasteiger partial charge on any atom is -0.400 e. The second-order valence-electron chi connectivity index (χ2n) is 2.86. The maximum absolute atomic E-state index is 8.48. The van der Waals surface area contributed by atoms with E-state index in [2.05, 4.69) is 0 Å². The van der Waals surface area contributed by atoms with Crippen molar-refractivity contribution in [2.75, 3.05) is 13.2 Å². The minimum absolute atomic E-state index is 0.144. The number of benzene rings is 1. The van der Waals surface area contributed by atoms with Gasteiger partial charge >= 0.3 is 0 Å². The van der Waals surface area contributed by atoms with Crippen LogP contribution in [0.1, 0.15) is 25.8 Å². The fourth-order valence-electron chi connectivity index (χ4n) is 0.815. The lowest BCUT2D eigenvalue weighted by atomic mass is 10.2. The topological polar surface area (TPSA) is 38.7 Å². The molecule has 0 fully saturated rings. The van der Waals surface area contributed by atoms with Gasteiger partial charge in [0.1, 0.15) is 5.75 Å². The second kappa shape index (κ2) is 10.8. The molecule has 0 saturated heterocycles. The molecule has 0 bridgehead atoms. The van der Waals surface area contributed by atoms with Gasteiger partial charge in [-0.15, -0.1) is 0 Å². The molecule has 0 atom stereocenters. The van der Waals surface area contributed by atoms with Gasteiger partial charge in [0.15, 0.2) is 0 Å². The van der Waals surface area contributed by atoms with Gasteiger partial charge in [-0.1, -0.05) is 31.5 Å². The second-order valence-corrected chi connectivity index (χ2v) is 3.40. The van der Waals surface area contributed by atoms with E-state index in [0.29, 0.717) is 13.0 Å². The SMILES string of the molecule is CC.Cc1ccc(OSOCCCO)cc1. The Hall–Kier alpha value is -0.710. The first-order valence-corrected chi connectivity index (χ1v) is 6.13. The van der Waals surface area contributed by atoms with Crippen LogP contribution < -0.4 is 4.18 Å². The summed E-state index contributed by atoms with van der Waals surface area (Å²) in [7, 11) is 0. The molecule has 0 unspecified atom stereocenters. The lowest BCUT2D eigenvalue weighted by Crippen LogP contribution is -1.92. The Morgan fingerprint density at radius 1 is 1.19 bits per heavy atom. The average molecular weight is 244 g/mol. The van der Waals surface area contributed by atoms with E-state index in [0.717, 1.165) is 18.1 Å². The number of aliphatic hydroxyl groups is 1. The Morgan fingerprint density at radius 3 is 2.38 bits per heavy atom. The van der Waals surface area contributed by atoms with Crippen molar-refractivity contribution in [2.45, 2.75) is 27.2 Å². The molecule has 1 rings (SSSR count). The molecule has 0 aliphatic carbocycles. The highest BCUT2D eigenvalue weighted by Gasteiger charge is 1.94. The molecule has 0 radical (unpaired) electrons. The zero-order valence-electron chi connectivity index (χ0n) is 10.1. The highest BCUT2D eigenvalue weighted by molar-refractivity contribution is 7.90. The molecule has 3 nitrogen and oxygen atoms in total. The van der Waals surface area contributed by atoms with E-state index in [4.69, 9.17) is 13.5 Å². The van der Waals surface area contributed by atoms with Crippen molar-refractivity contribution in [2.24, 2.45) is 0 Å². The van der Waals surface area contributed by atoms with Crippen molar-refractivity contribution in [3.05, 3.63) is 29.8 Å². The highest BCUT2D eigenvalue weighted by Crippen LogP contribution is 2.17. The molecular formula is C12H20O3S. The molecule has 0 saturated carbocycles. The van der Waals surface area contributed by atoms with Crippen LogP contribution in [-0.4, -0.2) is 18.3 Å². The Labute approximate surface area is 102 Å². The molecule has 1 N–H and O–H groups in total. The van der Waals surface area contributed by atoms with Crippen LogP contribution in [0.25, 0.3) is 0 Å². The van der Waals surface area contributed by atoms with E-state index in [1.165, 1.54) is 5.56 Å². The third kappa shape index (κ3) is 7.56. The summed E-state index contributed by atoms with van der Waals surface area (Å²) in [4.78, 5) is 0. The first-order chi connectivity index (χ1) is 7.83. The normalized spacial score (nSPS) is 9.25. The summed E-state index contributed by atoms with van der Waals surface area (Å²) in [6.07, 6.45) is 0.629. The smallest absolute Gasteiger partial charge is 0.225 e. The molecule has 0 aliphatic heterocycles. The van der Waals surface area contributed by atoms with Crippen molar-refractivity contribution < 1.29 is 13.5 Å². The van der Waals surface area contributed by atoms with E-state index >= 15 is 0 Å². The summed E-state index contributed by atoms with van der Waals surface area (Å²) < 4.78 is 10.3. The van der Waals surface area contributed by atoms with Gasteiger partial charge in [0.25, 0.3) is 0 Å². The van der Waals surface area contributed by atoms with Crippen LogP contribution in [0.15, 0.2) is 24.3 Å². The lowest BCUT2D eigenvalue weighted by molar-refractivity contribution is 0.244. The molecule has 0 aromatic heterocycles. The van der Waals surface area contributed by atoms with Crippen LogP contribution in [-0.2, 0) is 4.18 Å². The Kier molecular flexibility index (Phi) is 10.3. The van der Waals surface area contributed by atoms with Crippen molar-refractivity contribution in [3.63, 3.8) is 0 Å². The lowest BCUT2D eigenvalue weighted by Gasteiger charge is -2.03. The van der Waals surface area contributed by atoms with Gasteiger partial charge in [0.05, 0.1) is 6.61 Å². The summed E-state index contributed by atoms with van der Waals surface area (Å²) >= 11 is 0.941. The fourth-order valence-corrected chi connectivity index (χ4v) is 1.24. The van der Waals surface area contributed by atoms with E-state index in [1.54, 1.807) is 0 Å². The van der Waals surface area contributed by atoms with Crippen LogP contribution in [0.3, 0.4) is 0 Å². The van der Waals surface area contributed by atoms with E-state index in [-0.39, 0.29) is 6.61 Å². The standard InChI is InChI=1S/C10H14O3S.C2H6/c1-9-3-5-10(6-4-9)13-14-12-8-2-7-11;1-2/h3-6,11H,2,7-8H2,1H3;1-2H3. The minimum atomic E-state index is 0.144. The predicted octanol–water partition coefficient (Wildman–Crippen LogP) is 3.36. The molecule has 1 aromatic rings. The average Bonchev–Trinajstić information content (AvgIpc) is 2.34. The summed E-state index contributed by atoms with van der Waals surface area (Å²) in [6.45, 7) is 6.66. The maximum Gasteiger partial charge on any atom is 0.225 e. The van der Waals surface area contributed by atoms with E-state index in [9.17, 15) is 0 Å². The van der Waals surface area contributed by atoms with Gasteiger partial charge in [-0.3, -0.25) is 4.18 Å². The zero-order valence-corrected chi connectivity index (χ0v) is 10.9. The Bertz CT molecular complexity index is 249. The number of hydrogen-bond acceptors (Lipinski definition) is 4. The maximum atomic E-state index is 8.48. The number of hydrogen-bond donors (Lipinski definition) is 1. The summed E-state index contributed by atoms with van der Waals surface area (Å²) in [6, 6.07) is 7.72. The molecule has 4 heteroatoms. The van der Waals surface area contributed by atoms with Crippen LogP contribution >= 0.6 is 12.3 Å². The van der Waals surface area contributed by atoms with E-state index < -0.39 is 0 Å². The van der Waals surface area contributed by atoms with Gasteiger partial charge in [0.2, 0.25) is 12.3 Å². The van der Waals surface area contributed by atoms with Gasteiger partial charge in [0, 0.05) is 6.61 Å². The van der Waals surface area contributed by atoms with Gasteiger partial charge in [-0.25, -0.2) is 0 Å². The summed E-state index contributed by atoms with van der Waals surface area (Å²) in [5.74, 6) is 0.768. The van der Waals surface area contributed by atoms with Gasteiger partial charge in [-0.2, -0.15) is 0 Å². The number of rotatable bonds is 6. The zero-order chi connectivity index (χ0) is 12.2. The number of aryl methyl sites for hydroxylation is 1. The predicted molar refractivity (Wildman–Crippen MR) is 68.4 cm³/mol. The summed E-state index contributed by atoms with van der Waals surface area (Å²) in [5.41, 5.74) is 1.20. The molecule has 0 amide bonds. The van der Waals surface area contributed by atoms with Crippen LogP contribution in [0.4, 0.5) is 0 Å². The summed E-state index contributed by atoms with van der Waals surface area (Å²) in [5, 5.41) is 8.48. The molecule has 0 aliphatic rings. The quantitative estimate of drug-likeness (QED) is 0.615. The van der Waals surface area contributed by atoms with Crippen LogP contribution in [0.2, 0.25) is 0 Å². The first-order valence-electron chi connectivity index (χ1n) is 5.46. The van der Waals surface area contributed by atoms with Crippen LogP contribution in [0, 0.1) is 6.92 Å². The molecule has 0 spiro atoms. The molecule has 1 aromatic carbocycles. The van der Waals surface area contributed by atoms with Gasteiger partial charge in [-0.05, 0) is 25.5 Å². The largest absolute Gasteiger partial charge is 0.400 e. The fraction of sp³-hybridized carbons (Fsp3) is 0.500. The Balaban J connectivity index is 0.00000106. The third-order valence-electron chi connectivity index (χ3n) is 1.59. The number of aliphatic hydroxyl groups excluding tert-OH is 1. The third-order valence-corrected chi connectivity index (χ3v) is 2.11. The van der Waals surface area contributed by atoms with Crippen molar-refractivity contribution in [1.82, 2.24) is 0 Å². The van der Waals surface area contributed by atoms with Crippen molar-refractivity contribution in [3.8, 4) is 5.75 Å². The van der Waals surface area contributed by atoms with Crippen LogP contribution in [0.5, 0.6) is 5.75 Å². The Morgan fingerprint density at radius 2 is 1.81 bits per heavy atom. The first kappa shape index (κ1) is 15.3. The van der Waals surface area contributed by atoms with Crippen molar-refractivity contribution in [1.29, 1.82) is 0 Å². The van der Waals surface area contributed by atoms with E-state index in [1.807, 2.05) is 45.0 Å². The van der Waals surface area contributed by atoms with Gasteiger partial charge < -0.3 is 9.29 Å². The van der Waals surface area contributed by atoms with Crippen molar-refractivity contribution >= 4 is 12.3 Å². The molecule has 16 heavy (non-hydrogen) atoms. The molecule has 0 heterocycles. The monoisotopic (exact) mass is 244 g/mol. The molecule has 92 valence electrons.